The first-order chi connectivity index (χ1) is 8.22. The Labute approximate surface area is 102 Å². The van der Waals surface area contributed by atoms with E-state index < -0.39 is 0 Å². The van der Waals surface area contributed by atoms with Crippen molar-refractivity contribution in [2.24, 2.45) is 0 Å². The molecule has 2 atom stereocenters. The molecule has 0 aromatic rings. The molecule has 2 aliphatic heterocycles. The Kier molecular flexibility index (Phi) is 3.99. The Hall–Kier alpha value is -1.10. The van der Waals surface area contributed by atoms with Crippen molar-refractivity contribution in [3.05, 3.63) is 0 Å². The Morgan fingerprint density at radius 3 is 2.88 bits per heavy atom. The average Bonchev–Trinajstić information content (AvgIpc) is 2.69. The highest BCUT2D eigenvalue weighted by Gasteiger charge is 2.36. The summed E-state index contributed by atoms with van der Waals surface area (Å²) in [5.74, 6) is 0.313. The molecule has 5 nitrogen and oxygen atoms in total. The van der Waals surface area contributed by atoms with E-state index in [1.54, 1.807) is 0 Å². The number of piperidine rings is 1. The van der Waals surface area contributed by atoms with Crippen LogP contribution in [0.3, 0.4) is 0 Å². The topological polar surface area (TPSA) is 61.4 Å². The summed E-state index contributed by atoms with van der Waals surface area (Å²) < 4.78 is 0. The summed E-state index contributed by atoms with van der Waals surface area (Å²) in [5.41, 5.74) is 0. The van der Waals surface area contributed by atoms with Gasteiger partial charge in [0.05, 0.1) is 6.04 Å². The van der Waals surface area contributed by atoms with Crippen molar-refractivity contribution in [2.45, 2.75) is 44.7 Å². The third kappa shape index (κ3) is 2.77. The van der Waals surface area contributed by atoms with Gasteiger partial charge in [-0.3, -0.25) is 9.59 Å². The Morgan fingerprint density at radius 2 is 2.24 bits per heavy atom. The van der Waals surface area contributed by atoms with Gasteiger partial charge in [-0.25, -0.2) is 0 Å². The van der Waals surface area contributed by atoms with Gasteiger partial charge in [0.25, 0.3) is 0 Å². The van der Waals surface area contributed by atoms with Crippen LogP contribution < -0.4 is 10.6 Å². The van der Waals surface area contributed by atoms with Crippen LogP contribution in [-0.2, 0) is 9.59 Å². The number of carbonyl (C=O) groups is 2. The predicted octanol–water partition coefficient (Wildman–Crippen LogP) is -0.134. The molecule has 0 aromatic heterocycles. The van der Waals surface area contributed by atoms with Gasteiger partial charge < -0.3 is 15.5 Å². The maximum atomic E-state index is 12.1. The summed E-state index contributed by atoms with van der Waals surface area (Å²) in [6.07, 6.45) is 3.28. The molecular weight excluding hydrogens is 218 g/mol. The van der Waals surface area contributed by atoms with Crippen LogP contribution in [0.1, 0.15) is 32.6 Å². The van der Waals surface area contributed by atoms with Crippen LogP contribution in [0.15, 0.2) is 0 Å². The minimum Gasteiger partial charge on any atom is -0.354 e. The summed E-state index contributed by atoms with van der Waals surface area (Å²) in [6, 6.07) is 0.196. The Balaban J connectivity index is 1.86. The molecule has 2 aliphatic rings. The fourth-order valence-electron chi connectivity index (χ4n) is 2.56. The molecular formula is C12H21N3O2. The molecule has 0 saturated carbocycles. The smallest absolute Gasteiger partial charge is 0.240 e. The van der Waals surface area contributed by atoms with E-state index in [4.69, 9.17) is 0 Å². The predicted molar refractivity (Wildman–Crippen MR) is 64.4 cm³/mol. The van der Waals surface area contributed by atoms with Gasteiger partial charge in [-0.1, -0.05) is 6.92 Å². The van der Waals surface area contributed by atoms with E-state index in [0.29, 0.717) is 13.0 Å². The van der Waals surface area contributed by atoms with E-state index in [1.165, 1.54) is 0 Å². The van der Waals surface area contributed by atoms with Crippen molar-refractivity contribution < 1.29 is 9.59 Å². The second-order valence-electron chi connectivity index (χ2n) is 4.82. The maximum absolute atomic E-state index is 12.1. The monoisotopic (exact) mass is 239 g/mol. The zero-order chi connectivity index (χ0) is 12.3. The molecule has 0 bridgehead atoms. The molecule has 2 rings (SSSR count). The van der Waals surface area contributed by atoms with Crippen molar-refractivity contribution in [3.63, 3.8) is 0 Å². The molecule has 2 unspecified atom stereocenters. The lowest BCUT2D eigenvalue weighted by molar-refractivity contribution is -0.133. The quantitative estimate of drug-likeness (QED) is 0.718. The van der Waals surface area contributed by atoms with Gasteiger partial charge in [0.15, 0.2) is 0 Å². The molecule has 17 heavy (non-hydrogen) atoms. The van der Waals surface area contributed by atoms with Crippen LogP contribution in [0.2, 0.25) is 0 Å². The van der Waals surface area contributed by atoms with Gasteiger partial charge >= 0.3 is 0 Å². The van der Waals surface area contributed by atoms with Crippen LogP contribution >= 0.6 is 0 Å². The van der Waals surface area contributed by atoms with Gasteiger partial charge in [-0.05, 0) is 25.8 Å². The minimum atomic E-state index is -0.00687. The van der Waals surface area contributed by atoms with Gasteiger partial charge in [0.2, 0.25) is 11.8 Å². The number of nitrogens with one attached hydrogen (secondary N) is 2. The third-order valence-corrected chi connectivity index (χ3v) is 3.56. The van der Waals surface area contributed by atoms with E-state index in [-0.39, 0.29) is 23.9 Å². The van der Waals surface area contributed by atoms with Crippen LogP contribution in [0.25, 0.3) is 0 Å². The highest BCUT2D eigenvalue weighted by atomic mass is 16.2. The van der Waals surface area contributed by atoms with Crippen molar-refractivity contribution in [1.82, 2.24) is 15.5 Å². The third-order valence-electron chi connectivity index (χ3n) is 3.56. The molecule has 0 aromatic carbocycles. The summed E-state index contributed by atoms with van der Waals surface area (Å²) in [7, 11) is 0. The zero-order valence-corrected chi connectivity index (χ0v) is 10.4. The molecule has 2 heterocycles. The molecule has 96 valence electrons. The number of hydrogen-bond donors (Lipinski definition) is 2. The van der Waals surface area contributed by atoms with Crippen molar-refractivity contribution >= 4 is 11.8 Å². The van der Waals surface area contributed by atoms with E-state index in [9.17, 15) is 9.59 Å². The fraction of sp³-hybridized carbons (Fsp3) is 0.833. The summed E-state index contributed by atoms with van der Waals surface area (Å²) >= 11 is 0. The van der Waals surface area contributed by atoms with E-state index >= 15 is 0 Å². The molecule has 0 aliphatic carbocycles. The zero-order valence-electron chi connectivity index (χ0n) is 10.4. The van der Waals surface area contributed by atoms with Crippen LogP contribution in [0.5, 0.6) is 0 Å². The second-order valence-corrected chi connectivity index (χ2v) is 4.82. The van der Waals surface area contributed by atoms with Crippen molar-refractivity contribution in [1.29, 1.82) is 0 Å². The van der Waals surface area contributed by atoms with Crippen molar-refractivity contribution in [3.8, 4) is 0 Å². The standard InChI is InChI=1S/C12H21N3O2/c1-2-6-13-10-5-7-15(12(10)17)9-3-4-11(16)14-8-9/h9-10,13H,2-8H2,1H3,(H,14,16). The molecule has 0 spiro atoms. The number of likely N-dealkylation sites (tertiary alicyclic amines) is 1. The summed E-state index contributed by atoms with van der Waals surface area (Å²) in [4.78, 5) is 25.2. The van der Waals surface area contributed by atoms with Crippen LogP contribution in [0, 0.1) is 0 Å². The molecule has 2 amide bonds. The average molecular weight is 239 g/mol. The molecule has 2 saturated heterocycles. The van der Waals surface area contributed by atoms with Crippen molar-refractivity contribution in [2.75, 3.05) is 19.6 Å². The lowest BCUT2D eigenvalue weighted by atomic mass is 10.1. The minimum absolute atomic E-state index is 0.00687. The van der Waals surface area contributed by atoms with Gasteiger partial charge in [-0.2, -0.15) is 0 Å². The van der Waals surface area contributed by atoms with Crippen LogP contribution in [-0.4, -0.2) is 48.4 Å². The number of amides is 2. The molecule has 5 heteroatoms. The van der Waals surface area contributed by atoms with Gasteiger partial charge in [0, 0.05) is 25.6 Å². The fourth-order valence-corrected chi connectivity index (χ4v) is 2.56. The van der Waals surface area contributed by atoms with E-state index in [1.807, 2.05) is 4.90 Å². The first-order valence-corrected chi connectivity index (χ1v) is 6.53. The summed E-state index contributed by atoms with van der Waals surface area (Å²) in [5, 5.41) is 6.11. The summed E-state index contributed by atoms with van der Waals surface area (Å²) in [6.45, 7) is 4.43. The van der Waals surface area contributed by atoms with Crippen LogP contribution in [0.4, 0.5) is 0 Å². The Morgan fingerprint density at radius 1 is 1.41 bits per heavy atom. The lowest BCUT2D eigenvalue weighted by Crippen LogP contribution is -2.50. The van der Waals surface area contributed by atoms with Gasteiger partial charge in [-0.15, -0.1) is 0 Å². The highest BCUT2D eigenvalue weighted by Crippen LogP contribution is 2.19. The molecule has 2 fully saturated rings. The first kappa shape index (κ1) is 12.4. The number of hydrogen-bond acceptors (Lipinski definition) is 3. The normalized spacial score (nSPS) is 29.6. The molecule has 2 N–H and O–H groups in total. The number of nitrogens with zero attached hydrogens (tertiary/aromatic N) is 1. The molecule has 0 radical (unpaired) electrons. The second kappa shape index (κ2) is 5.49. The number of carbonyl (C=O) groups excluding carboxylic acids is 2. The van der Waals surface area contributed by atoms with E-state index in [2.05, 4.69) is 17.6 Å². The van der Waals surface area contributed by atoms with E-state index in [0.717, 1.165) is 32.4 Å². The number of rotatable bonds is 4. The first-order valence-electron chi connectivity index (χ1n) is 6.53. The van der Waals surface area contributed by atoms with Gasteiger partial charge in [0.1, 0.15) is 0 Å². The Bertz CT molecular complexity index is 296. The largest absolute Gasteiger partial charge is 0.354 e. The lowest BCUT2D eigenvalue weighted by Gasteiger charge is -2.31. The highest BCUT2D eigenvalue weighted by molar-refractivity contribution is 5.85. The maximum Gasteiger partial charge on any atom is 0.240 e. The SMILES string of the molecule is CCCNC1CCN(C2CCC(=O)NC2)C1=O.